The fourth-order valence-electron chi connectivity index (χ4n) is 2.30. The fraction of sp³-hybridized carbons (Fsp3) is 0.947. The minimum absolute atomic E-state index is 0.00252. The molecule has 146 valence electrons. The van der Waals surface area contributed by atoms with Gasteiger partial charge in [-0.1, -0.05) is 13.8 Å². The molecule has 0 aliphatic heterocycles. The summed E-state index contributed by atoms with van der Waals surface area (Å²) in [6.07, 6.45) is 0.740. The van der Waals surface area contributed by atoms with Crippen molar-refractivity contribution >= 4 is 6.09 Å². The van der Waals surface area contributed by atoms with Gasteiger partial charge in [0.25, 0.3) is 0 Å². The van der Waals surface area contributed by atoms with E-state index in [-0.39, 0.29) is 17.2 Å². The number of rotatable bonds is 7. The molecule has 0 rings (SSSR count). The molecule has 0 saturated heterocycles. The summed E-state index contributed by atoms with van der Waals surface area (Å²) in [6.45, 7) is 19.9. The average molecular weight is 346 g/mol. The molecule has 5 heteroatoms. The largest absolute Gasteiger partial charge is 0.444 e. The van der Waals surface area contributed by atoms with Crippen LogP contribution in [0.5, 0.6) is 0 Å². The van der Waals surface area contributed by atoms with E-state index in [2.05, 4.69) is 52.0 Å². The molecule has 0 aromatic rings. The van der Waals surface area contributed by atoms with Gasteiger partial charge >= 0.3 is 6.09 Å². The lowest BCUT2D eigenvalue weighted by atomic mass is 9.86. The van der Waals surface area contributed by atoms with Gasteiger partial charge in [-0.3, -0.25) is 0 Å². The molecule has 0 heterocycles. The highest BCUT2D eigenvalue weighted by molar-refractivity contribution is 5.67. The molecule has 0 aliphatic carbocycles. The van der Waals surface area contributed by atoms with Crippen molar-refractivity contribution in [2.24, 2.45) is 0 Å². The molecular weight excluding hydrogens is 302 g/mol. The Bertz CT molecular complexity index is 358. The maximum atomic E-state index is 11.9. The molecule has 0 unspecified atom stereocenters. The van der Waals surface area contributed by atoms with Gasteiger partial charge in [-0.15, -0.1) is 0 Å². The molecule has 24 heavy (non-hydrogen) atoms. The second-order valence-electron chi connectivity index (χ2n) is 8.60. The van der Waals surface area contributed by atoms with Crippen molar-refractivity contribution in [1.82, 2.24) is 15.1 Å². The van der Waals surface area contributed by atoms with Crippen molar-refractivity contribution in [3.05, 3.63) is 0 Å². The summed E-state index contributed by atoms with van der Waals surface area (Å²) in [4.78, 5) is 15.8. The average Bonchev–Trinajstić information content (AvgIpc) is 2.37. The maximum absolute atomic E-state index is 11.9. The second kappa shape index (κ2) is 10.2. The maximum Gasteiger partial charge on any atom is 0.410 e. The summed E-state index contributed by atoms with van der Waals surface area (Å²) < 4.78 is 5.35. The zero-order valence-electron chi connectivity index (χ0n) is 18.3. The minimum Gasteiger partial charge on any atom is -0.444 e. The number of hydrogen-bond donors (Lipinski definition) is 1. The number of carbonyl (C=O) groups excluding carboxylic acids is 1. The van der Waals surface area contributed by atoms with Crippen LogP contribution in [-0.4, -0.2) is 66.8 Å². The molecule has 0 aliphatic rings. The van der Waals surface area contributed by atoms with E-state index >= 15 is 0 Å². The molecule has 0 aromatic carbocycles. The molecule has 0 radical (unpaired) electrons. The summed E-state index contributed by atoms with van der Waals surface area (Å²) in [5, 5.41) is 3.54. The number of nitrogens with zero attached hydrogens (tertiary/aromatic N) is 2. The lowest BCUT2D eigenvalue weighted by Crippen LogP contribution is -2.51. The first-order valence-corrected chi connectivity index (χ1v) is 9.03. The Kier molecular flexibility index (Phi) is 10.9. The van der Waals surface area contributed by atoms with Gasteiger partial charge in [0.15, 0.2) is 0 Å². The van der Waals surface area contributed by atoms with Crippen LogP contribution in [0.3, 0.4) is 0 Å². The molecule has 0 bridgehead atoms. The van der Waals surface area contributed by atoms with Crippen LogP contribution in [0, 0.1) is 0 Å². The first-order chi connectivity index (χ1) is 10.7. The smallest absolute Gasteiger partial charge is 0.410 e. The van der Waals surface area contributed by atoms with E-state index < -0.39 is 5.60 Å². The van der Waals surface area contributed by atoms with E-state index in [0.717, 1.165) is 13.0 Å². The first-order valence-electron chi connectivity index (χ1n) is 9.03. The van der Waals surface area contributed by atoms with Gasteiger partial charge in [-0.05, 0) is 69.0 Å². The molecule has 0 saturated carbocycles. The lowest BCUT2D eigenvalue weighted by molar-refractivity contribution is 0.0295. The molecule has 0 spiro atoms. The van der Waals surface area contributed by atoms with Gasteiger partial charge in [0.05, 0.1) is 0 Å². The summed E-state index contributed by atoms with van der Waals surface area (Å²) in [7, 11) is 5.98. The van der Waals surface area contributed by atoms with Gasteiger partial charge in [0, 0.05) is 31.2 Å². The zero-order chi connectivity index (χ0) is 19.8. The molecule has 5 nitrogen and oxygen atoms in total. The van der Waals surface area contributed by atoms with Gasteiger partial charge < -0.3 is 19.9 Å². The highest BCUT2D eigenvalue weighted by Gasteiger charge is 2.30. The van der Waals surface area contributed by atoms with Gasteiger partial charge in [0.1, 0.15) is 5.60 Å². The summed E-state index contributed by atoms with van der Waals surface area (Å²) >= 11 is 0. The van der Waals surface area contributed by atoms with Crippen LogP contribution in [-0.2, 0) is 4.74 Å². The summed E-state index contributed by atoms with van der Waals surface area (Å²) in [6, 6.07) is 0. The Balaban J connectivity index is 0. The van der Waals surface area contributed by atoms with Crippen molar-refractivity contribution in [3.63, 3.8) is 0 Å². The van der Waals surface area contributed by atoms with Gasteiger partial charge in [-0.2, -0.15) is 0 Å². The Morgan fingerprint density at radius 1 is 0.958 bits per heavy atom. The first kappa shape index (κ1) is 25.4. The highest BCUT2D eigenvalue weighted by Crippen LogP contribution is 2.23. The van der Waals surface area contributed by atoms with Gasteiger partial charge in [0.2, 0.25) is 0 Å². The Labute approximate surface area is 151 Å². The highest BCUT2D eigenvalue weighted by atomic mass is 16.6. The van der Waals surface area contributed by atoms with Crippen molar-refractivity contribution in [1.29, 1.82) is 0 Å². The predicted octanol–water partition coefficient (Wildman–Crippen LogP) is 3.98. The quantitative estimate of drug-likeness (QED) is 0.758. The molecule has 1 N–H and O–H groups in total. The van der Waals surface area contributed by atoms with Crippen molar-refractivity contribution in [2.45, 2.75) is 85.4 Å². The van der Waals surface area contributed by atoms with Crippen LogP contribution in [0.15, 0.2) is 0 Å². The van der Waals surface area contributed by atoms with Crippen molar-refractivity contribution < 1.29 is 9.53 Å². The normalized spacial score (nSPS) is 12.5. The van der Waals surface area contributed by atoms with E-state index in [0.29, 0.717) is 6.54 Å². The van der Waals surface area contributed by atoms with Crippen LogP contribution in [0.2, 0.25) is 0 Å². The number of nitrogens with one attached hydrogen (secondary N) is 1. The van der Waals surface area contributed by atoms with E-state index in [1.54, 1.807) is 11.9 Å². The van der Waals surface area contributed by atoms with E-state index in [4.69, 9.17) is 4.74 Å². The van der Waals surface area contributed by atoms with E-state index in [1.807, 2.05) is 34.6 Å². The Morgan fingerprint density at radius 3 is 1.79 bits per heavy atom. The van der Waals surface area contributed by atoms with Crippen LogP contribution in [0.4, 0.5) is 4.79 Å². The van der Waals surface area contributed by atoms with Crippen LogP contribution < -0.4 is 5.32 Å². The molecule has 0 fully saturated rings. The number of carbonyl (C=O) groups is 1. The minimum atomic E-state index is -0.451. The molecular formula is C19H43N3O2. The topological polar surface area (TPSA) is 44.8 Å². The van der Waals surface area contributed by atoms with Crippen LogP contribution in [0.1, 0.15) is 68.7 Å². The Hall–Kier alpha value is -0.810. The van der Waals surface area contributed by atoms with Crippen molar-refractivity contribution in [2.75, 3.05) is 34.2 Å². The van der Waals surface area contributed by atoms with E-state index in [1.165, 1.54) is 0 Å². The second-order valence-corrected chi connectivity index (χ2v) is 8.60. The summed E-state index contributed by atoms with van der Waals surface area (Å²) in [5.74, 6) is 0. The fourth-order valence-corrected chi connectivity index (χ4v) is 2.30. The standard InChI is InChI=1S/C17H37N3O2.C2H6/c1-15(2,3)22-14(21)20(10)12-11-18-16(4,5)13-17(6,7)19(8)9;1-2/h18H,11-13H2,1-10H3;1-2H3. The number of amides is 1. The monoisotopic (exact) mass is 345 g/mol. The van der Waals surface area contributed by atoms with Crippen LogP contribution >= 0.6 is 0 Å². The van der Waals surface area contributed by atoms with Crippen molar-refractivity contribution in [3.8, 4) is 0 Å². The molecule has 0 atom stereocenters. The predicted molar refractivity (Wildman–Crippen MR) is 105 cm³/mol. The Morgan fingerprint density at radius 2 is 1.42 bits per heavy atom. The molecule has 0 aromatic heterocycles. The number of ether oxygens (including phenoxy) is 1. The zero-order valence-corrected chi connectivity index (χ0v) is 18.3. The summed E-state index contributed by atoms with van der Waals surface area (Å²) in [5.41, 5.74) is -0.329. The third-order valence-corrected chi connectivity index (χ3v) is 3.84. The number of likely N-dealkylation sites (N-methyl/N-ethyl adjacent to an activating group) is 1. The third-order valence-electron chi connectivity index (χ3n) is 3.84. The van der Waals surface area contributed by atoms with E-state index in [9.17, 15) is 4.79 Å². The molecule has 1 amide bonds. The lowest BCUT2D eigenvalue weighted by Gasteiger charge is -2.40. The van der Waals surface area contributed by atoms with Crippen LogP contribution in [0.25, 0.3) is 0 Å². The SMILES string of the molecule is CC.CN(CCNC(C)(C)CC(C)(C)N(C)C)C(=O)OC(C)(C)C. The third kappa shape index (κ3) is 11.7. The van der Waals surface area contributed by atoms with Gasteiger partial charge in [-0.25, -0.2) is 4.79 Å². The number of hydrogen-bond acceptors (Lipinski definition) is 4.